The van der Waals surface area contributed by atoms with Crippen LogP contribution in [0.25, 0.3) is 0 Å². The first kappa shape index (κ1) is 17.9. The lowest BCUT2D eigenvalue weighted by molar-refractivity contribution is 0.584. The maximum atomic E-state index is 13.1. The molecule has 2 aromatic carbocycles. The highest BCUT2D eigenvalue weighted by atomic mass is 32.2. The summed E-state index contributed by atoms with van der Waals surface area (Å²) in [7, 11) is -7.56. The van der Waals surface area contributed by atoms with Crippen LogP contribution in [-0.2, 0) is 26.5 Å². The Balaban J connectivity index is 2.11. The third kappa shape index (κ3) is 3.05. The van der Waals surface area contributed by atoms with Crippen molar-refractivity contribution in [2.45, 2.75) is 43.0 Å². The van der Waals surface area contributed by atoms with Crippen LogP contribution in [0.3, 0.4) is 0 Å². The fourth-order valence-electron chi connectivity index (χ4n) is 3.11. The summed E-state index contributed by atoms with van der Waals surface area (Å²) in [6.45, 7) is 5.59. The SMILES string of the molecule is Cc1ccc(S(=O)(=O)N2c3ccc(S(N)(=O)=O)cc3CC2C)cc1C. The van der Waals surface area contributed by atoms with Gasteiger partial charge in [-0.3, -0.25) is 4.31 Å². The first-order valence-corrected chi connectivity index (χ1v) is 10.8. The number of aryl methyl sites for hydroxylation is 2. The molecule has 2 N–H and O–H groups in total. The lowest BCUT2D eigenvalue weighted by atomic mass is 10.1. The predicted octanol–water partition coefficient (Wildman–Crippen LogP) is 2.09. The van der Waals surface area contributed by atoms with Gasteiger partial charge < -0.3 is 0 Å². The third-order valence-corrected chi connectivity index (χ3v) is 7.40. The first-order valence-electron chi connectivity index (χ1n) is 7.79. The largest absolute Gasteiger partial charge is 0.264 e. The average Bonchev–Trinajstić information content (AvgIpc) is 2.84. The number of rotatable bonds is 3. The molecule has 0 bridgehead atoms. The highest BCUT2D eigenvalue weighted by Crippen LogP contribution is 2.38. The van der Waals surface area contributed by atoms with Crippen molar-refractivity contribution in [3.05, 3.63) is 53.1 Å². The average molecular weight is 380 g/mol. The molecule has 134 valence electrons. The molecule has 0 fully saturated rings. The molecule has 0 amide bonds. The van der Waals surface area contributed by atoms with Crippen molar-refractivity contribution in [2.24, 2.45) is 5.14 Å². The van der Waals surface area contributed by atoms with E-state index in [1.54, 1.807) is 25.1 Å². The molecule has 0 spiro atoms. The van der Waals surface area contributed by atoms with Crippen molar-refractivity contribution in [1.29, 1.82) is 0 Å². The Labute approximate surface area is 148 Å². The van der Waals surface area contributed by atoms with Crippen molar-refractivity contribution in [2.75, 3.05) is 4.31 Å². The highest BCUT2D eigenvalue weighted by Gasteiger charge is 2.36. The number of anilines is 1. The Morgan fingerprint density at radius 1 is 0.960 bits per heavy atom. The molecule has 8 heteroatoms. The molecule has 0 aromatic heterocycles. The van der Waals surface area contributed by atoms with E-state index in [-0.39, 0.29) is 15.8 Å². The molecule has 2 aromatic rings. The minimum absolute atomic E-state index is 0.0103. The van der Waals surface area contributed by atoms with Gasteiger partial charge in [-0.1, -0.05) is 6.07 Å². The number of nitrogens with two attached hydrogens (primary N) is 1. The van der Waals surface area contributed by atoms with Gasteiger partial charge in [-0.15, -0.1) is 0 Å². The van der Waals surface area contributed by atoms with Crippen LogP contribution in [0, 0.1) is 13.8 Å². The third-order valence-electron chi connectivity index (χ3n) is 4.57. The van der Waals surface area contributed by atoms with Gasteiger partial charge >= 0.3 is 0 Å². The summed E-state index contributed by atoms with van der Waals surface area (Å²) in [5.41, 5.74) is 3.08. The zero-order valence-corrected chi connectivity index (χ0v) is 15.9. The Hall–Kier alpha value is -1.90. The molecule has 0 saturated heterocycles. The zero-order chi connectivity index (χ0) is 18.6. The second kappa shape index (κ2) is 5.82. The molecule has 0 aliphatic carbocycles. The summed E-state index contributed by atoms with van der Waals surface area (Å²) in [6.07, 6.45) is 0.433. The maximum Gasteiger partial charge on any atom is 0.264 e. The van der Waals surface area contributed by atoms with Gasteiger partial charge in [0.25, 0.3) is 10.0 Å². The first-order chi connectivity index (χ1) is 11.5. The minimum Gasteiger partial charge on any atom is -0.263 e. The van der Waals surface area contributed by atoms with Gasteiger partial charge in [0.2, 0.25) is 10.0 Å². The summed E-state index contributed by atoms with van der Waals surface area (Å²) < 4.78 is 50.7. The van der Waals surface area contributed by atoms with Crippen LogP contribution in [0.15, 0.2) is 46.2 Å². The molecule has 25 heavy (non-hydrogen) atoms. The van der Waals surface area contributed by atoms with Gasteiger partial charge in [0.05, 0.1) is 15.5 Å². The Kier molecular flexibility index (Phi) is 4.17. The Morgan fingerprint density at radius 3 is 2.20 bits per heavy atom. The van der Waals surface area contributed by atoms with E-state index in [4.69, 9.17) is 5.14 Å². The van der Waals surface area contributed by atoms with Crippen LogP contribution in [0.2, 0.25) is 0 Å². The van der Waals surface area contributed by atoms with Crippen LogP contribution < -0.4 is 9.44 Å². The van der Waals surface area contributed by atoms with Gasteiger partial charge in [0, 0.05) is 6.04 Å². The number of nitrogens with zero attached hydrogens (tertiary/aromatic N) is 1. The normalized spacial score (nSPS) is 17.6. The molecule has 1 aliphatic rings. The van der Waals surface area contributed by atoms with Crippen LogP contribution >= 0.6 is 0 Å². The van der Waals surface area contributed by atoms with E-state index in [0.29, 0.717) is 17.7 Å². The van der Waals surface area contributed by atoms with E-state index < -0.39 is 20.0 Å². The molecule has 1 atom stereocenters. The van der Waals surface area contributed by atoms with E-state index in [0.717, 1.165) is 11.1 Å². The van der Waals surface area contributed by atoms with Crippen molar-refractivity contribution >= 4 is 25.7 Å². The number of hydrogen-bond acceptors (Lipinski definition) is 4. The molecule has 3 rings (SSSR count). The second-order valence-electron chi connectivity index (χ2n) is 6.44. The molecule has 1 unspecified atom stereocenters. The molecule has 0 saturated carbocycles. The van der Waals surface area contributed by atoms with E-state index in [1.807, 2.05) is 13.8 Å². The van der Waals surface area contributed by atoms with Crippen molar-refractivity contribution in [1.82, 2.24) is 0 Å². The maximum absolute atomic E-state index is 13.1. The van der Waals surface area contributed by atoms with Gasteiger partial charge in [-0.25, -0.2) is 22.0 Å². The quantitative estimate of drug-likeness (QED) is 0.881. The highest BCUT2D eigenvalue weighted by molar-refractivity contribution is 7.93. The smallest absolute Gasteiger partial charge is 0.263 e. The molecular formula is C17H20N2O4S2. The van der Waals surface area contributed by atoms with E-state index in [2.05, 4.69) is 0 Å². The summed E-state index contributed by atoms with van der Waals surface area (Å²) in [5.74, 6) is 0. The summed E-state index contributed by atoms with van der Waals surface area (Å²) in [4.78, 5) is 0.217. The standard InChI is InChI=1S/C17H20N2O4S2/c1-11-4-5-16(8-12(11)2)25(22,23)19-13(3)9-14-10-15(24(18,20)21)6-7-17(14)19/h4-8,10,13H,9H2,1-3H3,(H2,18,20,21). The summed E-state index contributed by atoms with van der Waals surface area (Å²) in [5, 5.41) is 5.17. The fourth-order valence-corrected chi connectivity index (χ4v) is 5.45. The number of hydrogen-bond donors (Lipinski definition) is 1. The number of primary sulfonamides is 1. The van der Waals surface area contributed by atoms with Gasteiger partial charge in [-0.05, 0) is 74.2 Å². The van der Waals surface area contributed by atoms with Crippen LogP contribution in [0.4, 0.5) is 5.69 Å². The van der Waals surface area contributed by atoms with Gasteiger partial charge in [-0.2, -0.15) is 0 Å². The molecule has 0 radical (unpaired) electrons. The van der Waals surface area contributed by atoms with Gasteiger partial charge in [0.15, 0.2) is 0 Å². The lowest BCUT2D eigenvalue weighted by Gasteiger charge is -2.25. The number of fused-ring (bicyclic) bond motifs is 1. The fraction of sp³-hybridized carbons (Fsp3) is 0.294. The minimum atomic E-state index is -3.83. The molecule has 1 heterocycles. The number of benzene rings is 2. The van der Waals surface area contributed by atoms with Crippen LogP contribution in [0.1, 0.15) is 23.6 Å². The summed E-state index contributed by atoms with van der Waals surface area (Å²) >= 11 is 0. The van der Waals surface area contributed by atoms with Crippen molar-refractivity contribution < 1.29 is 16.8 Å². The Morgan fingerprint density at radius 2 is 1.60 bits per heavy atom. The van der Waals surface area contributed by atoms with Crippen LogP contribution in [0.5, 0.6) is 0 Å². The molecule has 6 nitrogen and oxygen atoms in total. The topological polar surface area (TPSA) is 97.5 Å². The van der Waals surface area contributed by atoms with E-state index in [1.165, 1.54) is 22.5 Å². The summed E-state index contributed by atoms with van der Waals surface area (Å²) in [6, 6.07) is 9.05. The predicted molar refractivity (Wildman–Crippen MR) is 96.6 cm³/mol. The van der Waals surface area contributed by atoms with Crippen LogP contribution in [-0.4, -0.2) is 22.9 Å². The van der Waals surface area contributed by atoms with Gasteiger partial charge in [0.1, 0.15) is 0 Å². The zero-order valence-electron chi connectivity index (χ0n) is 14.2. The van der Waals surface area contributed by atoms with Crippen molar-refractivity contribution in [3.8, 4) is 0 Å². The van der Waals surface area contributed by atoms with Crippen molar-refractivity contribution in [3.63, 3.8) is 0 Å². The number of sulfonamides is 2. The molecular weight excluding hydrogens is 360 g/mol. The van der Waals surface area contributed by atoms with E-state index >= 15 is 0 Å². The Bertz CT molecular complexity index is 1060. The van der Waals surface area contributed by atoms with E-state index in [9.17, 15) is 16.8 Å². The monoisotopic (exact) mass is 380 g/mol. The second-order valence-corrected chi connectivity index (χ2v) is 9.81. The molecule has 1 aliphatic heterocycles. The lowest BCUT2D eigenvalue weighted by Crippen LogP contribution is -2.35.